The molecule has 0 aliphatic heterocycles. The Morgan fingerprint density at radius 3 is 2.59 bits per heavy atom. The maximum absolute atomic E-state index is 4.45. The third-order valence-corrected chi connectivity index (χ3v) is 3.44. The van der Waals surface area contributed by atoms with Crippen LogP contribution < -0.4 is 5.32 Å². The van der Waals surface area contributed by atoms with Gasteiger partial charge in [-0.2, -0.15) is 5.10 Å². The molecule has 0 unspecified atom stereocenters. The van der Waals surface area contributed by atoms with Crippen molar-refractivity contribution in [3.05, 3.63) is 65.7 Å². The first-order chi connectivity index (χ1) is 10.7. The first kappa shape index (κ1) is 14.3. The minimum Gasteiger partial charge on any atom is -0.370 e. The second kappa shape index (κ2) is 6.39. The number of anilines is 1. The molecule has 1 N–H and O–H groups in total. The molecule has 0 aliphatic carbocycles. The molecule has 0 amide bonds. The zero-order valence-corrected chi connectivity index (χ0v) is 12.8. The van der Waals surface area contributed by atoms with Gasteiger partial charge in [-0.1, -0.05) is 30.3 Å². The standard InChI is InChI=1S/C17H19N5/c1-13-10-14(2)22(21-13)17-11-16(19-12-20-17)18-9-8-15-6-4-3-5-7-15/h3-7,10-12H,8-9H2,1-2H3,(H,18,19,20). The Morgan fingerprint density at radius 1 is 1.05 bits per heavy atom. The lowest BCUT2D eigenvalue weighted by molar-refractivity contribution is 0.800. The predicted molar refractivity (Wildman–Crippen MR) is 87.3 cm³/mol. The fourth-order valence-electron chi connectivity index (χ4n) is 2.40. The van der Waals surface area contributed by atoms with Crippen LogP contribution >= 0.6 is 0 Å². The lowest BCUT2D eigenvalue weighted by Crippen LogP contribution is -2.08. The molecule has 0 saturated carbocycles. The summed E-state index contributed by atoms with van der Waals surface area (Å²) in [4.78, 5) is 8.57. The second-order valence-corrected chi connectivity index (χ2v) is 5.26. The third-order valence-electron chi connectivity index (χ3n) is 3.44. The van der Waals surface area contributed by atoms with E-state index in [0.717, 1.165) is 36.0 Å². The highest BCUT2D eigenvalue weighted by atomic mass is 15.3. The van der Waals surface area contributed by atoms with E-state index < -0.39 is 0 Å². The van der Waals surface area contributed by atoms with Gasteiger partial charge >= 0.3 is 0 Å². The van der Waals surface area contributed by atoms with E-state index in [0.29, 0.717) is 0 Å². The smallest absolute Gasteiger partial charge is 0.159 e. The fourth-order valence-corrected chi connectivity index (χ4v) is 2.40. The van der Waals surface area contributed by atoms with Crippen molar-refractivity contribution < 1.29 is 0 Å². The van der Waals surface area contributed by atoms with Crippen LogP contribution in [0.3, 0.4) is 0 Å². The van der Waals surface area contributed by atoms with Gasteiger partial charge in [-0.15, -0.1) is 0 Å². The molecule has 2 aromatic heterocycles. The third kappa shape index (κ3) is 3.31. The number of hydrogen-bond donors (Lipinski definition) is 1. The highest BCUT2D eigenvalue weighted by Crippen LogP contribution is 2.12. The van der Waals surface area contributed by atoms with Crippen LogP contribution in [0.25, 0.3) is 5.82 Å². The Bertz CT molecular complexity index is 749. The average molecular weight is 293 g/mol. The van der Waals surface area contributed by atoms with Gasteiger partial charge in [-0.25, -0.2) is 14.6 Å². The van der Waals surface area contributed by atoms with Crippen LogP contribution in [-0.2, 0) is 6.42 Å². The molecule has 0 radical (unpaired) electrons. The van der Waals surface area contributed by atoms with E-state index in [-0.39, 0.29) is 0 Å². The molecular formula is C17H19N5. The van der Waals surface area contributed by atoms with Crippen molar-refractivity contribution in [2.45, 2.75) is 20.3 Å². The Balaban J connectivity index is 1.68. The highest BCUT2D eigenvalue weighted by Gasteiger charge is 2.06. The summed E-state index contributed by atoms with van der Waals surface area (Å²) in [5.41, 5.74) is 3.35. The van der Waals surface area contributed by atoms with Gasteiger partial charge in [0.05, 0.1) is 5.69 Å². The molecule has 0 atom stereocenters. The molecule has 5 heteroatoms. The largest absolute Gasteiger partial charge is 0.370 e. The summed E-state index contributed by atoms with van der Waals surface area (Å²) in [6.07, 6.45) is 2.52. The zero-order chi connectivity index (χ0) is 15.4. The normalized spacial score (nSPS) is 10.6. The van der Waals surface area contributed by atoms with Crippen LogP contribution in [0.4, 0.5) is 5.82 Å². The van der Waals surface area contributed by atoms with Crippen molar-refractivity contribution in [1.82, 2.24) is 19.7 Å². The second-order valence-electron chi connectivity index (χ2n) is 5.26. The Kier molecular flexibility index (Phi) is 4.14. The number of nitrogens with zero attached hydrogens (tertiary/aromatic N) is 4. The molecule has 2 heterocycles. The van der Waals surface area contributed by atoms with Crippen LogP contribution in [0.2, 0.25) is 0 Å². The van der Waals surface area contributed by atoms with E-state index in [4.69, 9.17) is 0 Å². The molecule has 3 rings (SSSR count). The molecule has 1 aromatic carbocycles. The van der Waals surface area contributed by atoms with Crippen LogP contribution in [0.5, 0.6) is 0 Å². The molecular weight excluding hydrogens is 274 g/mol. The first-order valence-corrected chi connectivity index (χ1v) is 7.36. The van der Waals surface area contributed by atoms with Gasteiger partial charge in [0.2, 0.25) is 0 Å². The van der Waals surface area contributed by atoms with Crippen LogP contribution in [0.15, 0.2) is 48.8 Å². The van der Waals surface area contributed by atoms with Crippen LogP contribution in [0.1, 0.15) is 17.0 Å². The van der Waals surface area contributed by atoms with Crippen molar-refractivity contribution in [1.29, 1.82) is 0 Å². The van der Waals surface area contributed by atoms with Crippen molar-refractivity contribution in [3.63, 3.8) is 0 Å². The Morgan fingerprint density at radius 2 is 1.86 bits per heavy atom. The maximum atomic E-state index is 4.45. The van der Waals surface area contributed by atoms with E-state index in [1.807, 2.05) is 36.7 Å². The number of aryl methyl sites for hydroxylation is 2. The van der Waals surface area contributed by atoms with Crippen molar-refractivity contribution in [3.8, 4) is 5.82 Å². The number of rotatable bonds is 5. The maximum Gasteiger partial charge on any atom is 0.159 e. The molecule has 5 nitrogen and oxygen atoms in total. The van der Waals surface area contributed by atoms with Gasteiger partial charge in [0.15, 0.2) is 5.82 Å². The van der Waals surface area contributed by atoms with Gasteiger partial charge in [0.1, 0.15) is 12.1 Å². The molecule has 0 spiro atoms. The van der Waals surface area contributed by atoms with E-state index in [9.17, 15) is 0 Å². The molecule has 3 aromatic rings. The van der Waals surface area contributed by atoms with Gasteiger partial charge in [-0.3, -0.25) is 0 Å². The van der Waals surface area contributed by atoms with Gasteiger partial charge in [0, 0.05) is 18.3 Å². The lowest BCUT2D eigenvalue weighted by Gasteiger charge is -2.08. The number of hydrogen-bond acceptors (Lipinski definition) is 4. The fraction of sp³-hybridized carbons (Fsp3) is 0.235. The quantitative estimate of drug-likeness (QED) is 0.786. The Labute approximate surface area is 130 Å². The summed E-state index contributed by atoms with van der Waals surface area (Å²) in [6.45, 7) is 4.83. The van der Waals surface area contributed by atoms with E-state index >= 15 is 0 Å². The Hall–Kier alpha value is -2.69. The molecule has 112 valence electrons. The molecule has 0 fully saturated rings. The SMILES string of the molecule is Cc1cc(C)n(-c2cc(NCCc3ccccc3)ncn2)n1. The van der Waals surface area contributed by atoms with Crippen LogP contribution in [0, 0.1) is 13.8 Å². The average Bonchev–Trinajstić information content (AvgIpc) is 2.87. The summed E-state index contributed by atoms with van der Waals surface area (Å²) in [7, 11) is 0. The van der Waals surface area contributed by atoms with Gasteiger partial charge in [-0.05, 0) is 31.9 Å². The number of benzene rings is 1. The summed E-state index contributed by atoms with van der Waals surface area (Å²) < 4.78 is 1.83. The van der Waals surface area contributed by atoms with Crippen LogP contribution in [-0.4, -0.2) is 26.3 Å². The summed E-state index contributed by atoms with van der Waals surface area (Å²) >= 11 is 0. The minimum atomic E-state index is 0.780. The molecule has 0 saturated heterocycles. The molecule has 0 aliphatic rings. The van der Waals surface area contributed by atoms with E-state index in [1.165, 1.54) is 5.56 Å². The zero-order valence-electron chi connectivity index (χ0n) is 12.8. The monoisotopic (exact) mass is 293 g/mol. The first-order valence-electron chi connectivity index (χ1n) is 7.36. The molecule has 22 heavy (non-hydrogen) atoms. The highest BCUT2D eigenvalue weighted by molar-refractivity contribution is 5.41. The summed E-state index contributed by atoms with van der Waals surface area (Å²) in [5.74, 6) is 1.59. The molecule has 0 bridgehead atoms. The number of nitrogens with one attached hydrogen (secondary N) is 1. The van der Waals surface area contributed by atoms with Crippen molar-refractivity contribution in [2.75, 3.05) is 11.9 Å². The van der Waals surface area contributed by atoms with Crippen molar-refractivity contribution >= 4 is 5.82 Å². The van der Waals surface area contributed by atoms with Crippen molar-refractivity contribution in [2.24, 2.45) is 0 Å². The topological polar surface area (TPSA) is 55.6 Å². The summed E-state index contributed by atoms with van der Waals surface area (Å²) in [6, 6.07) is 14.4. The minimum absolute atomic E-state index is 0.780. The van der Waals surface area contributed by atoms with E-state index in [2.05, 4.69) is 44.6 Å². The lowest BCUT2D eigenvalue weighted by atomic mass is 10.1. The van der Waals surface area contributed by atoms with E-state index in [1.54, 1.807) is 6.33 Å². The van der Waals surface area contributed by atoms with Gasteiger partial charge < -0.3 is 5.32 Å². The summed E-state index contributed by atoms with van der Waals surface area (Å²) in [5, 5.41) is 7.79. The predicted octanol–water partition coefficient (Wildman–Crippen LogP) is 2.93. The number of aromatic nitrogens is 4. The van der Waals surface area contributed by atoms with Gasteiger partial charge in [0.25, 0.3) is 0 Å².